The number of ether oxygens (including phenoxy) is 2. The molecule has 0 bridgehead atoms. The molecule has 0 aliphatic carbocycles. The van der Waals surface area contributed by atoms with Gasteiger partial charge >= 0.3 is 0 Å². The van der Waals surface area contributed by atoms with Crippen molar-refractivity contribution in [3.8, 4) is 0 Å². The van der Waals surface area contributed by atoms with Gasteiger partial charge in [-0.25, -0.2) is 0 Å². The first-order chi connectivity index (χ1) is 15.7. The Bertz CT molecular complexity index is 370. The molecular formula is C29H59NO2. The molecule has 0 aromatic rings. The maximum atomic E-state index is 6.10. The smallest absolute Gasteiger partial charge is 0.158 e. The average Bonchev–Trinajstić information content (AvgIpc) is 2.78. The van der Waals surface area contributed by atoms with Crippen molar-refractivity contribution in [2.24, 2.45) is 0 Å². The molecule has 3 heteroatoms. The highest BCUT2D eigenvalue weighted by atomic mass is 16.7. The number of nitrogens with zero attached hydrogens (tertiary/aromatic N) is 1. The topological polar surface area (TPSA) is 21.7 Å². The molecule has 32 heavy (non-hydrogen) atoms. The van der Waals surface area contributed by atoms with Crippen LogP contribution in [0.4, 0.5) is 0 Å². The van der Waals surface area contributed by atoms with Gasteiger partial charge in [-0.2, -0.15) is 0 Å². The van der Waals surface area contributed by atoms with E-state index in [0.717, 1.165) is 32.6 Å². The highest BCUT2D eigenvalue weighted by Crippen LogP contribution is 2.12. The lowest BCUT2D eigenvalue weighted by atomic mass is 10.1. The van der Waals surface area contributed by atoms with Crippen molar-refractivity contribution in [3.63, 3.8) is 0 Å². The normalized spacial score (nSPS) is 12.9. The molecule has 0 aromatic carbocycles. The highest BCUT2D eigenvalue weighted by molar-refractivity contribution is 4.79. The third-order valence-electron chi connectivity index (χ3n) is 6.08. The maximum absolute atomic E-state index is 6.10. The Morgan fingerprint density at radius 1 is 0.594 bits per heavy atom. The van der Waals surface area contributed by atoms with Crippen LogP contribution in [-0.4, -0.2) is 45.0 Å². The van der Waals surface area contributed by atoms with Crippen LogP contribution in [0, 0.1) is 0 Å². The molecule has 0 heterocycles. The van der Waals surface area contributed by atoms with Crippen molar-refractivity contribution in [3.05, 3.63) is 12.2 Å². The summed E-state index contributed by atoms with van der Waals surface area (Å²) in [4.78, 5) is 2.22. The van der Waals surface area contributed by atoms with Crippen molar-refractivity contribution >= 4 is 0 Å². The Morgan fingerprint density at radius 2 is 1.06 bits per heavy atom. The van der Waals surface area contributed by atoms with E-state index in [9.17, 15) is 0 Å². The zero-order valence-corrected chi connectivity index (χ0v) is 22.6. The molecule has 0 amide bonds. The van der Waals surface area contributed by atoms with Gasteiger partial charge in [-0.1, -0.05) is 109 Å². The van der Waals surface area contributed by atoms with Gasteiger partial charge in [-0.3, -0.25) is 0 Å². The third kappa shape index (κ3) is 25.9. The van der Waals surface area contributed by atoms with Crippen LogP contribution in [0.15, 0.2) is 12.2 Å². The van der Waals surface area contributed by atoms with E-state index in [2.05, 4.69) is 45.0 Å². The van der Waals surface area contributed by atoms with Gasteiger partial charge in [0.25, 0.3) is 0 Å². The summed E-state index contributed by atoms with van der Waals surface area (Å²) in [6, 6.07) is 0. The number of allylic oxidation sites excluding steroid dienone is 2. The quantitative estimate of drug-likeness (QED) is 0.0741. The molecule has 0 radical (unpaired) electrons. The Hall–Kier alpha value is -0.380. The van der Waals surface area contributed by atoms with E-state index in [-0.39, 0.29) is 6.29 Å². The van der Waals surface area contributed by atoms with Crippen LogP contribution in [0.3, 0.4) is 0 Å². The van der Waals surface area contributed by atoms with Gasteiger partial charge in [0, 0.05) is 26.2 Å². The Morgan fingerprint density at radius 3 is 1.53 bits per heavy atom. The second kappa shape index (κ2) is 26.9. The number of unbranched alkanes of at least 4 members (excludes halogenated alkanes) is 15. The summed E-state index contributed by atoms with van der Waals surface area (Å²) in [5.74, 6) is 0. The minimum atomic E-state index is -0.0266. The van der Waals surface area contributed by atoms with Crippen molar-refractivity contribution in [2.45, 2.75) is 142 Å². The first kappa shape index (κ1) is 31.6. The van der Waals surface area contributed by atoms with E-state index in [1.54, 1.807) is 0 Å². The fraction of sp³-hybridized carbons (Fsp3) is 0.931. The van der Waals surface area contributed by atoms with Crippen LogP contribution < -0.4 is 0 Å². The predicted octanol–water partition coefficient (Wildman–Crippen LogP) is 8.92. The molecule has 0 aliphatic rings. The van der Waals surface area contributed by atoms with Crippen molar-refractivity contribution < 1.29 is 9.47 Å². The van der Waals surface area contributed by atoms with Crippen molar-refractivity contribution in [2.75, 3.05) is 33.9 Å². The lowest BCUT2D eigenvalue weighted by Gasteiger charge is -2.20. The SMILES string of the molecule is CC/C=C\CCCCCCCCOC(CCN(C)C)OCCCCCCCCCCCC. The standard InChI is InChI=1S/C29H59NO2/c1-5-7-9-11-13-15-17-19-21-23-27-31-29(25-26-30(3)4)32-28-24-22-20-18-16-14-12-10-8-6-2/h7,9,29H,5-6,8,10-28H2,1-4H3/b9-7-. The van der Waals surface area contributed by atoms with E-state index in [4.69, 9.17) is 9.47 Å². The maximum Gasteiger partial charge on any atom is 0.158 e. The van der Waals surface area contributed by atoms with Crippen LogP contribution >= 0.6 is 0 Å². The molecule has 0 aliphatic heterocycles. The largest absolute Gasteiger partial charge is 0.353 e. The zero-order valence-electron chi connectivity index (χ0n) is 22.6. The molecule has 0 fully saturated rings. The van der Waals surface area contributed by atoms with Crippen LogP contribution in [0.1, 0.15) is 136 Å². The molecule has 1 unspecified atom stereocenters. The zero-order chi connectivity index (χ0) is 23.5. The van der Waals surface area contributed by atoms with E-state index >= 15 is 0 Å². The summed E-state index contributed by atoms with van der Waals surface area (Å²) in [7, 11) is 4.24. The molecular weight excluding hydrogens is 394 g/mol. The van der Waals surface area contributed by atoms with Gasteiger partial charge in [0.05, 0.1) is 0 Å². The minimum absolute atomic E-state index is 0.0266. The van der Waals surface area contributed by atoms with Gasteiger partial charge in [-0.05, 0) is 46.2 Å². The summed E-state index contributed by atoms with van der Waals surface area (Å²) < 4.78 is 12.2. The molecule has 0 saturated heterocycles. The lowest BCUT2D eigenvalue weighted by molar-refractivity contribution is -0.148. The first-order valence-electron chi connectivity index (χ1n) is 14.2. The van der Waals surface area contributed by atoms with Crippen LogP contribution in [-0.2, 0) is 9.47 Å². The van der Waals surface area contributed by atoms with Crippen LogP contribution in [0.2, 0.25) is 0 Å². The molecule has 3 nitrogen and oxygen atoms in total. The second-order valence-corrected chi connectivity index (χ2v) is 9.73. The van der Waals surface area contributed by atoms with Crippen molar-refractivity contribution in [1.29, 1.82) is 0 Å². The summed E-state index contributed by atoms with van der Waals surface area (Å²) in [5.41, 5.74) is 0. The first-order valence-corrected chi connectivity index (χ1v) is 14.2. The Labute approximate surface area is 202 Å². The van der Waals surface area contributed by atoms with E-state index in [1.165, 1.54) is 109 Å². The average molecular weight is 454 g/mol. The molecule has 0 rings (SSSR count). The van der Waals surface area contributed by atoms with Crippen molar-refractivity contribution in [1.82, 2.24) is 4.90 Å². The van der Waals surface area contributed by atoms with Crippen LogP contribution in [0.25, 0.3) is 0 Å². The summed E-state index contributed by atoms with van der Waals surface area (Å²) >= 11 is 0. The Kier molecular flexibility index (Phi) is 26.5. The molecule has 0 saturated carbocycles. The fourth-order valence-electron chi connectivity index (χ4n) is 3.95. The Balaban J connectivity index is 3.64. The molecule has 0 spiro atoms. The second-order valence-electron chi connectivity index (χ2n) is 9.73. The van der Waals surface area contributed by atoms with Crippen LogP contribution in [0.5, 0.6) is 0 Å². The summed E-state index contributed by atoms with van der Waals surface area (Å²) in [5, 5.41) is 0. The highest BCUT2D eigenvalue weighted by Gasteiger charge is 2.10. The molecule has 1 atom stereocenters. The number of hydrogen-bond donors (Lipinski definition) is 0. The summed E-state index contributed by atoms with van der Waals surface area (Å²) in [6.45, 7) is 7.20. The number of hydrogen-bond acceptors (Lipinski definition) is 3. The predicted molar refractivity (Wildman–Crippen MR) is 142 cm³/mol. The lowest BCUT2D eigenvalue weighted by Crippen LogP contribution is -2.25. The minimum Gasteiger partial charge on any atom is -0.353 e. The van der Waals surface area contributed by atoms with Gasteiger partial charge in [0.1, 0.15) is 0 Å². The van der Waals surface area contributed by atoms with Gasteiger partial charge in [-0.15, -0.1) is 0 Å². The van der Waals surface area contributed by atoms with E-state index < -0.39 is 0 Å². The summed E-state index contributed by atoms with van der Waals surface area (Å²) in [6.07, 6.45) is 29.5. The number of rotatable bonds is 26. The third-order valence-corrected chi connectivity index (χ3v) is 6.08. The molecule has 0 N–H and O–H groups in total. The van der Waals surface area contributed by atoms with E-state index in [0.29, 0.717) is 0 Å². The van der Waals surface area contributed by atoms with Gasteiger partial charge < -0.3 is 14.4 Å². The van der Waals surface area contributed by atoms with Gasteiger partial charge in [0.2, 0.25) is 0 Å². The molecule has 192 valence electrons. The fourth-order valence-corrected chi connectivity index (χ4v) is 3.95. The van der Waals surface area contributed by atoms with E-state index in [1.807, 2.05) is 0 Å². The monoisotopic (exact) mass is 453 g/mol. The van der Waals surface area contributed by atoms with Gasteiger partial charge in [0.15, 0.2) is 6.29 Å². The molecule has 0 aromatic heterocycles.